The monoisotopic (exact) mass is 467 g/mol. The van der Waals surface area contributed by atoms with Gasteiger partial charge in [-0.25, -0.2) is 14.0 Å². The number of hydrogen-bond donors (Lipinski definition) is 0. The summed E-state index contributed by atoms with van der Waals surface area (Å²) in [4.78, 5) is 31.4. The van der Waals surface area contributed by atoms with E-state index < -0.39 is 5.60 Å². The van der Waals surface area contributed by atoms with Gasteiger partial charge < -0.3 is 19.4 Å². The lowest BCUT2D eigenvalue weighted by molar-refractivity contribution is 0.00180. The lowest BCUT2D eigenvalue weighted by Gasteiger charge is -2.47. The molecule has 182 valence electrons. The second kappa shape index (κ2) is 9.28. The van der Waals surface area contributed by atoms with E-state index in [9.17, 15) is 14.0 Å². The van der Waals surface area contributed by atoms with Gasteiger partial charge in [-0.2, -0.15) is 0 Å². The van der Waals surface area contributed by atoms with E-state index in [-0.39, 0.29) is 36.1 Å². The first-order valence-corrected chi connectivity index (χ1v) is 11.9. The van der Waals surface area contributed by atoms with Crippen molar-refractivity contribution >= 4 is 12.1 Å². The fourth-order valence-corrected chi connectivity index (χ4v) is 4.81. The topological polar surface area (TPSA) is 53.1 Å². The Bertz CT molecular complexity index is 1040. The van der Waals surface area contributed by atoms with Gasteiger partial charge >= 0.3 is 12.1 Å². The standard InChI is InChI=1S/C27H34FN3O3/c1-27(2,3)34-26(33)30(5)22-16-21(17-22)29(4)25(32)31-15-14-18-8-6-7-9-23(18)24(31)19-10-12-20(28)13-11-19/h6-13,21-22,24H,14-17H2,1-5H3/t21?,22?,24-/m0/s1. The fourth-order valence-electron chi connectivity index (χ4n) is 4.81. The predicted molar refractivity (Wildman–Crippen MR) is 129 cm³/mol. The van der Waals surface area contributed by atoms with Crippen LogP contribution in [-0.2, 0) is 11.2 Å². The summed E-state index contributed by atoms with van der Waals surface area (Å²) in [5.41, 5.74) is 2.65. The van der Waals surface area contributed by atoms with Crippen molar-refractivity contribution in [2.45, 2.75) is 63.8 Å². The van der Waals surface area contributed by atoms with Gasteiger partial charge in [0.2, 0.25) is 0 Å². The summed E-state index contributed by atoms with van der Waals surface area (Å²) in [6, 6.07) is 14.3. The number of carbonyl (C=O) groups is 2. The van der Waals surface area contributed by atoms with Crippen LogP contribution in [-0.4, -0.2) is 65.1 Å². The van der Waals surface area contributed by atoms with Crippen molar-refractivity contribution in [3.8, 4) is 0 Å². The maximum atomic E-state index is 13.7. The molecule has 1 fully saturated rings. The second-order valence-electron chi connectivity index (χ2n) is 10.4. The van der Waals surface area contributed by atoms with E-state index in [1.54, 1.807) is 29.0 Å². The molecule has 1 aliphatic carbocycles. The van der Waals surface area contributed by atoms with Crippen LogP contribution in [0.4, 0.5) is 14.0 Å². The molecular formula is C27H34FN3O3. The smallest absolute Gasteiger partial charge is 0.410 e. The highest BCUT2D eigenvalue weighted by molar-refractivity contribution is 5.76. The Hall–Kier alpha value is -3.09. The number of urea groups is 1. The fraction of sp³-hybridized carbons (Fsp3) is 0.481. The van der Waals surface area contributed by atoms with Crippen LogP contribution in [0.15, 0.2) is 48.5 Å². The van der Waals surface area contributed by atoms with Crippen LogP contribution >= 0.6 is 0 Å². The molecule has 1 heterocycles. The van der Waals surface area contributed by atoms with Gasteiger partial charge in [0.25, 0.3) is 0 Å². The maximum absolute atomic E-state index is 13.7. The van der Waals surface area contributed by atoms with Gasteiger partial charge in [0, 0.05) is 32.7 Å². The molecule has 3 amide bonds. The van der Waals surface area contributed by atoms with E-state index in [1.807, 2.05) is 44.9 Å². The van der Waals surface area contributed by atoms with E-state index in [1.165, 1.54) is 17.7 Å². The number of carbonyl (C=O) groups excluding carboxylic acids is 2. The average Bonchev–Trinajstić information content (AvgIpc) is 2.76. The van der Waals surface area contributed by atoms with Crippen molar-refractivity contribution in [3.05, 3.63) is 71.0 Å². The quantitative estimate of drug-likeness (QED) is 0.622. The van der Waals surface area contributed by atoms with Gasteiger partial charge in [-0.15, -0.1) is 0 Å². The molecule has 2 aromatic rings. The second-order valence-corrected chi connectivity index (χ2v) is 10.4. The van der Waals surface area contributed by atoms with Gasteiger partial charge in [-0.05, 0) is 68.9 Å². The number of rotatable bonds is 3. The maximum Gasteiger partial charge on any atom is 0.410 e. The Morgan fingerprint density at radius 1 is 0.971 bits per heavy atom. The highest BCUT2D eigenvalue weighted by atomic mass is 19.1. The first-order valence-electron chi connectivity index (χ1n) is 11.9. The number of hydrogen-bond acceptors (Lipinski definition) is 3. The molecule has 0 aromatic heterocycles. The summed E-state index contributed by atoms with van der Waals surface area (Å²) in [5, 5.41) is 0. The molecule has 1 atom stereocenters. The first-order chi connectivity index (χ1) is 16.0. The van der Waals surface area contributed by atoms with Gasteiger partial charge in [0.05, 0.1) is 6.04 Å². The van der Waals surface area contributed by atoms with Gasteiger partial charge in [-0.3, -0.25) is 0 Å². The van der Waals surface area contributed by atoms with E-state index in [2.05, 4.69) is 12.1 Å². The Kier molecular flexibility index (Phi) is 6.56. The third kappa shape index (κ3) is 4.88. The molecule has 2 aliphatic rings. The molecule has 6 nitrogen and oxygen atoms in total. The van der Waals surface area contributed by atoms with Gasteiger partial charge in [-0.1, -0.05) is 36.4 Å². The van der Waals surface area contributed by atoms with E-state index in [0.29, 0.717) is 19.4 Å². The van der Waals surface area contributed by atoms with Crippen molar-refractivity contribution in [2.75, 3.05) is 20.6 Å². The van der Waals surface area contributed by atoms with Gasteiger partial charge in [0.1, 0.15) is 11.4 Å². The molecule has 2 aromatic carbocycles. The van der Waals surface area contributed by atoms with E-state index in [0.717, 1.165) is 17.5 Å². The molecule has 1 saturated carbocycles. The molecule has 0 spiro atoms. The van der Waals surface area contributed by atoms with Crippen LogP contribution in [0.1, 0.15) is 56.3 Å². The molecule has 0 bridgehead atoms. The lowest BCUT2D eigenvalue weighted by atomic mass is 9.84. The molecular weight excluding hydrogens is 433 g/mol. The van der Waals surface area contributed by atoms with Crippen LogP contribution in [0, 0.1) is 5.82 Å². The largest absolute Gasteiger partial charge is 0.444 e. The average molecular weight is 468 g/mol. The number of benzene rings is 2. The molecule has 0 radical (unpaired) electrons. The summed E-state index contributed by atoms with van der Waals surface area (Å²) >= 11 is 0. The number of ether oxygens (including phenoxy) is 1. The number of nitrogens with zero attached hydrogens (tertiary/aromatic N) is 3. The highest BCUT2D eigenvalue weighted by Crippen LogP contribution is 2.37. The number of fused-ring (bicyclic) bond motifs is 1. The summed E-state index contributed by atoms with van der Waals surface area (Å²) < 4.78 is 19.1. The molecule has 4 rings (SSSR count). The first kappa shape index (κ1) is 24.0. The predicted octanol–water partition coefficient (Wildman–Crippen LogP) is 5.22. The Morgan fingerprint density at radius 3 is 2.24 bits per heavy atom. The summed E-state index contributed by atoms with van der Waals surface area (Å²) in [6.45, 7) is 6.14. The molecule has 0 saturated heterocycles. The molecule has 1 aliphatic heterocycles. The third-order valence-corrected chi connectivity index (χ3v) is 6.88. The van der Waals surface area contributed by atoms with Crippen molar-refractivity contribution < 1.29 is 18.7 Å². The highest BCUT2D eigenvalue weighted by Gasteiger charge is 2.42. The van der Waals surface area contributed by atoms with Crippen molar-refractivity contribution in [2.24, 2.45) is 0 Å². The zero-order valence-electron chi connectivity index (χ0n) is 20.6. The normalized spacial score (nSPS) is 21.8. The SMILES string of the molecule is CN(C(=O)OC(C)(C)C)C1CC(N(C)C(=O)N2CCc3ccccc3[C@@H]2c2ccc(F)cc2)C1. The van der Waals surface area contributed by atoms with Crippen LogP contribution in [0.25, 0.3) is 0 Å². The molecule has 34 heavy (non-hydrogen) atoms. The van der Waals surface area contributed by atoms with Crippen molar-refractivity contribution in [1.82, 2.24) is 14.7 Å². The number of amides is 3. The minimum Gasteiger partial charge on any atom is -0.444 e. The number of halogens is 1. The third-order valence-electron chi connectivity index (χ3n) is 6.88. The molecule has 0 N–H and O–H groups in total. The Balaban J connectivity index is 1.47. The van der Waals surface area contributed by atoms with Crippen LogP contribution in [0.5, 0.6) is 0 Å². The van der Waals surface area contributed by atoms with Crippen LogP contribution in [0.2, 0.25) is 0 Å². The molecule has 0 unspecified atom stereocenters. The lowest BCUT2D eigenvalue weighted by Crippen LogP contribution is -2.58. The summed E-state index contributed by atoms with van der Waals surface area (Å²) in [6.07, 6.45) is 1.86. The van der Waals surface area contributed by atoms with Crippen molar-refractivity contribution in [3.63, 3.8) is 0 Å². The summed E-state index contributed by atoms with van der Waals surface area (Å²) in [5.74, 6) is -0.294. The van der Waals surface area contributed by atoms with Gasteiger partial charge in [0.15, 0.2) is 0 Å². The minimum absolute atomic E-state index is 0.0464. The van der Waals surface area contributed by atoms with Crippen molar-refractivity contribution in [1.29, 1.82) is 0 Å². The van der Waals surface area contributed by atoms with Crippen LogP contribution in [0.3, 0.4) is 0 Å². The Morgan fingerprint density at radius 2 is 1.59 bits per heavy atom. The molecule has 7 heteroatoms. The van der Waals surface area contributed by atoms with E-state index >= 15 is 0 Å². The van der Waals surface area contributed by atoms with E-state index in [4.69, 9.17) is 4.74 Å². The zero-order valence-corrected chi connectivity index (χ0v) is 20.6. The Labute approximate surface area is 201 Å². The zero-order chi connectivity index (χ0) is 24.6. The summed E-state index contributed by atoms with van der Waals surface area (Å²) in [7, 11) is 3.59. The van der Waals surface area contributed by atoms with Crippen LogP contribution < -0.4 is 0 Å². The minimum atomic E-state index is -0.541.